The molecule has 160 valence electrons. The van der Waals surface area contributed by atoms with Crippen molar-refractivity contribution in [2.45, 2.75) is 44.6 Å². The van der Waals surface area contributed by atoms with Crippen molar-refractivity contribution in [3.8, 4) is 0 Å². The van der Waals surface area contributed by atoms with Gasteiger partial charge in [0.05, 0.1) is 12.0 Å². The van der Waals surface area contributed by atoms with Gasteiger partial charge in [0, 0.05) is 45.4 Å². The summed E-state index contributed by atoms with van der Waals surface area (Å²) in [7, 11) is 3.69. The molecule has 0 unspecified atom stereocenters. The van der Waals surface area contributed by atoms with Crippen molar-refractivity contribution in [3.63, 3.8) is 0 Å². The van der Waals surface area contributed by atoms with E-state index in [1.165, 1.54) is 0 Å². The van der Waals surface area contributed by atoms with Gasteiger partial charge in [0.1, 0.15) is 5.76 Å². The van der Waals surface area contributed by atoms with Crippen LogP contribution in [0.4, 0.5) is 0 Å². The lowest BCUT2D eigenvalue weighted by molar-refractivity contribution is -0.139. The number of hydrogen-bond donors (Lipinski definition) is 0. The molecule has 0 aromatic carbocycles. The molecule has 3 saturated heterocycles. The average molecular weight is 405 g/mol. The van der Waals surface area contributed by atoms with Crippen LogP contribution in [-0.4, -0.2) is 90.7 Å². The average Bonchev–Trinajstić information content (AvgIpc) is 3.25. The molecule has 2 spiro atoms. The second kappa shape index (κ2) is 7.72. The minimum atomic E-state index is -0.228. The van der Waals surface area contributed by atoms with Gasteiger partial charge in [0.15, 0.2) is 5.69 Å². The minimum Gasteiger partial charge on any atom is -0.383 e. The number of likely N-dealkylation sites (tertiary alicyclic amines) is 3. The molecule has 0 radical (unpaired) electrons. The van der Waals surface area contributed by atoms with E-state index >= 15 is 0 Å². The SMILES string of the molecule is COCCN1CCC2(CC1)CC1(CCN(C(=O)c3cc(C)on3)CC1)N(C)C2=O. The van der Waals surface area contributed by atoms with E-state index in [0.29, 0.717) is 30.5 Å². The van der Waals surface area contributed by atoms with Gasteiger partial charge in [-0.3, -0.25) is 9.59 Å². The van der Waals surface area contributed by atoms with Gasteiger partial charge in [-0.25, -0.2) is 0 Å². The van der Waals surface area contributed by atoms with Gasteiger partial charge in [0.25, 0.3) is 5.91 Å². The zero-order valence-electron chi connectivity index (χ0n) is 17.8. The van der Waals surface area contributed by atoms with Crippen molar-refractivity contribution < 1.29 is 18.8 Å². The van der Waals surface area contributed by atoms with Crippen molar-refractivity contribution in [1.29, 1.82) is 0 Å². The molecule has 3 fully saturated rings. The quantitative estimate of drug-likeness (QED) is 0.758. The third-order valence-electron chi connectivity index (χ3n) is 7.39. The van der Waals surface area contributed by atoms with Gasteiger partial charge in [-0.15, -0.1) is 0 Å². The van der Waals surface area contributed by atoms with E-state index < -0.39 is 0 Å². The van der Waals surface area contributed by atoms with Crippen LogP contribution in [-0.2, 0) is 9.53 Å². The van der Waals surface area contributed by atoms with E-state index in [1.807, 2.05) is 16.8 Å². The van der Waals surface area contributed by atoms with E-state index in [0.717, 1.165) is 58.3 Å². The van der Waals surface area contributed by atoms with Crippen LogP contribution in [0.5, 0.6) is 0 Å². The first kappa shape index (κ1) is 20.3. The van der Waals surface area contributed by atoms with Crippen molar-refractivity contribution in [3.05, 3.63) is 17.5 Å². The number of piperidine rings is 2. The van der Waals surface area contributed by atoms with Crippen LogP contribution in [0.1, 0.15) is 48.4 Å². The van der Waals surface area contributed by atoms with E-state index in [4.69, 9.17) is 9.26 Å². The predicted octanol–water partition coefficient (Wildman–Crippen LogP) is 1.55. The molecule has 0 N–H and O–H groups in total. The summed E-state index contributed by atoms with van der Waals surface area (Å²) in [5, 5.41) is 3.86. The lowest BCUT2D eigenvalue weighted by atomic mass is 9.71. The lowest BCUT2D eigenvalue weighted by Crippen LogP contribution is -2.52. The Morgan fingerprint density at radius 1 is 1.21 bits per heavy atom. The second-order valence-corrected chi connectivity index (χ2v) is 9.00. The molecule has 0 atom stereocenters. The molecule has 1 aromatic rings. The Labute approximate surface area is 172 Å². The Morgan fingerprint density at radius 3 is 2.48 bits per heavy atom. The molecule has 4 rings (SSSR count). The first-order chi connectivity index (χ1) is 13.9. The van der Waals surface area contributed by atoms with Crippen LogP contribution in [0.2, 0.25) is 0 Å². The molecule has 1 aromatic heterocycles. The zero-order valence-corrected chi connectivity index (χ0v) is 17.8. The van der Waals surface area contributed by atoms with Gasteiger partial charge >= 0.3 is 0 Å². The van der Waals surface area contributed by atoms with E-state index in [9.17, 15) is 9.59 Å². The number of methoxy groups -OCH3 is 1. The minimum absolute atomic E-state index is 0.0789. The molecule has 8 nitrogen and oxygen atoms in total. The zero-order chi connectivity index (χ0) is 20.6. The van der Waals surface area contributed by atoms with Crippen molar-refractivity contribution >= 4 is 11.8 Å². The molecule has 4 heterocycles. The summed E-state index contributed by atoms with van der Waals surface area (Å²) in [6, 6.07) is 1.68. The summed E-state index contributed by atoms with van der Waals surface area (Å²) in [6.45, 7) is 6.66. The highest BCUT2D eigenvalue weighted by Gasteiger charge is 2.58. The van der Waals surface area contributed by atoms with E-state index in [2.05, 4.69) is 10.1 Å². The molecular formula is C21H32N4O4. The number of aromatic nitrogens is 1. The molecule has 3 aliphatic heterocycles. The van der Waals surface area contributed by atoms with Gasteiger partial charge in [-0.2, -0.15) is 0 Å². The third-order valence-corrected chi connectivity index (χ3v) is 7.39. The topological polar surface area (TPSA) is 79.1 Å². The van der Waals surface area contributed by atoms with Gasteiger partial charge in [0.2, 0.25) is 5.91 Å². The van der Waals surface area contributed by atoms with Gasteiger partial charge < -0.3 is 24.0 Å². The van der Waals surface area contributed by atoms with Crippen LogP contribution >= 0.6 is 0 Å². The van der Waals surface area contributed by atoms with Crippen LogP contribution in [0.25, 0.3) is 0 Å². The number of carbonyl (C=O) groups excluding carboxylic acids is 2. The molecule has 0 saturated carbocycles. The van der Waals surface area contributed by atoms with Crippen molar-refractivity contribution in [2.24, 2.45) is 5.41 Å². The third kappa shape index (κ3) is 3.57. The Morgan fingerprint density at radius 2 is 1.90 bits per heavy atom. The summed E-state index contributed by atoms with van der Waals surface area (Å²) < 4.78 is 10.2. The molecule has 0 aliphatic carbocycles. The fourth-order valence-electron chi connectivity index (χ4n) is 5.48. The Hall–Kier alpha value is -1.93. The smallest absolute Gasteiger partial charge is 0.276 e. The first-order valence-corrected chi connectivity index (χ1v) is 10.6. The van der Waals surface area contributed by atoms with Gasteiger partial charge in [-0.1, -0.05) is 5.16 Å². The largest absolute Gasteiger partial charge is 0.383 e. The first-order valence-electron chi connectivity index (χ1n) is 10.6. The Balaban J connectivity index is 1.40. The summed E-state index contributed by atoms with van der Waals surface area (Å²) in [5.41, 5.74) is 0.0185. The summed E-state index contributed by atoms with van der Waals surface area (Å²) >= 11 is 0. The van der Waals surface area contributed by atoms with E-state index in [1.54, 1.807) is 20.1 Å². The number of rotatable bonds is 4. The van der Waals surface area contributed by atoms with Crippen molar-refractivity contribution in [1.82, 2.24) is 19.9 Å². The van der Waals surface area contributed by atoms with Crippen LogP contribution in [0, 0.1) is 12.3 Å². The predicted molar refractivity (Wildman–Crippen MR) is 106 cm³/mol. The molecular weight excluding hydrogens is 372 g/mol. The fraction of sp³-hybridized carbons (Fsp3) is 0.762. The number of ether oxygens (including phenoxy) is 1. The van der Waals surface area contributed by atoms with Crippen molar-refractivity contribution in [2.75, 3.05) is 53.5 Å². The molecule has 0 bridgehead atoms. The number of hydrogen-bond acceptors (Lipinski definition) is 6. The Bertz CT molecular complexity index is 760. The summed E-state index contributed by atoms with van der Waals surface area (Å²) in [5.74, 6) is 0.863. The van der Waals surface area contributed by atoms with Crippen LogP contribution < -0.4 is 0 Å². The summed E-state index contributed by atoms with van der Waals surface area (Å²) in [6.07, 6.45) is 4.41. The molecule has 2 amide bonds. The number of nitrogens with zero attached hydrogens (tertiary/aromatic N) is 4. The Kier molecular flexibility index (Phi) is 5.42. The highest BCUT2D eigenvalue weighted by Crippen LogP contribution is 2.52. The highest BCUT2D eigenvalue weighted by molar-refractivity contribution is 5.92. The monoisotopic (exact) mass is 404 g/mol. The maximum absolute atomic E-state index is 13.3. The number of aryl methyl sites for hydroxylation is 1. The molecule has 8 heteroatoms. The summed E-state index contributed by atoms with van der Waals surface area (Å²) in [4.78, 5) is 32.2. The maximum atomic E-state index is 13.3. The van der Waals surface area contributed by atoms with Crippen LogP contribution in [0.15, 0.2) is 10.6 Å². The normalized spacial score (nSPS) is 24.0. The maximum Gasteiger partial charge on any atom is 0.276 e. The molecule has 29 heavy (non-hydrogen) atoms. The highest BCUT2D eigenvalue weighted by atomic mass is 16.5. The second-order valence-electron chi connectivity index (χ2n) is 9.00. The number of carbonyl (C=O) groups is 2. The van der Waals surface area contributed by atoms with Gasteiger partial charge in [-0.05, 0) is 52.1 Å². The molecule has 3 aliphatic rings. The van der Waals surface area contributed by atoms with E-state index in [-0.39, 0.29) is 16.9 Å². The standard InChI is InChI=1S/C21H32N4O4/c1-16-14-17(22-29-16)18(26)25-10-6-21(7-11-25)15-20(19(27)23(21)2)4-8-24(9-5-20)12-13-28-3/h14H,4-13,15H2,1-3H3. The lowest BCUT2D eigenvalue weighted by Gasteiger charge is -2.43. The fourth-order valence-corrected chi connectivity index (χ4v) is 5.48. The number of amides is 2. The van der Waals surface area contributed by atoms with Crippen LogP contribution in [0.3, 0.4) is 0 Å².